The average Bonchev–Trinajstić information content (AvgIpc) is 2.98. The highest BCUT2D eigenvalue weighted by molar-refractivity contribution is 4.92. The van der Waals surface area contributed by atoms with Gasteiger partial charge in [-0.15, -0.1) is 0 Å². The third-order valence-electron chi connectivity index (χ3n) is 5.28. The Morgan fingerprint density at radius 1 is 1.20 bits per heavy atom. The smallest absolute Gasteiger partial charge is 0.00967 e. The Kier molecular flexibility index (Phi) is 5.53. The van der Waals surface area contributed by atoms with Gasteiger partial charge in [0.15, 0.2) is 0 Å². The van der Waals surface area contributed by atoms with Crippen molar-refractivity contribution in [1.82, 2.24) is 10.2 Å². The lowest BCUT2D eigenvalue weighted by Crippen LogP contribution is -2.47. The van der Waals surface area contributed by atoms with Crippen LogP contribution in [0.25, 0.3) is 0 Å². The van der Waals surface area contributed by atoms with E-state index in [2.05, 4.69) is 37.9 Å². The summed E-state index contributed by atoms with van der Waals surface area (Å²) in [6.45, 7) is 14.5. The molecule has 2 aliphatic rings. The fraction of sp³-hybridized carbons (Fsp3) is 1.00. The quantitative estimate of drug-likeness (QED) is 0.789. The molecular formula is C18H36N2. The molecule has 0 aromatic rings. The summed E-state index contributed by atoms with van der Waals surface area (Å²) in [5.41, 5.74) is 0.819. The van der Waals surface area contributed by atoms with Crippen molar-refractivity contribution >= 4 is 0 Å². The minimum atomic E-state index is 0.255. The first-order chi connectivity index (χ1) is 9.42. The molecule has 0 aromatic carbocycles. The van der Waals surface area contributed by atoms with E-state index >= 15 is 0 Å². The van der Waals surface area contributed by atoms with Crippen LogP contribution in [0.5, 0.6) is 0 Å². The average molecular weight is 281 g/mol. The molecule has 2 fully saturated rings. The molecule has 1 unspecified atom stereocenters. The fourth-order valence-electron chi connectivity index (χ4n) is 4.14. The molecule has 2 heteroatoms. The van der Waals surface area contributed by atoms with E-state index in [0.29, 0.717) is 5.41 Å². The van der Waals surface area contributed by atoms with Gasteiger partial charge >= 0.3 is 0 Å². The van der Waals surface area contributed by atoms with E-state index in [-0.39, 0.29) is 5.54 Å². The van der Waals surface area contributed by atoms with Gasteiger partial charge in [0.2, 0.25) is 0 Å². The molecular weight excluding hydrogens is 244 g/mol. The van der Waals surface area contributed by atoms with Gasteiger partial charge in [-0.25, -0.2) is 0 Å². The van der Waals surface area contributed by atoms with Crippen molar-refractivity contribution in [3.63, 3.8) is 0 Å². The van der Waals surface area contributed by atoms with Gasteiger partial charge in [0.25, 0.3) is 0 Å². The molecule has 0 amide bonds. The zero-order valence-electron chi connectivity index (χ0n) is 14.3. The molecule has 1 heterocycles. The maximum Gasteiger partial charge on any atom is 0.00967 e. The molecule has 0 bridgehead atoms. The Bertz CT molecular complexity index is 286. The SMILES string of the molecule is CCCC1CCN(CC2(CNC(C)(C)C)CCCC2)C1. The number of nitrogens with one attached hydrogen (secondary N) is 1. The predicted octanol–water partition coefficient (Wildman–Crippen LogP) is 4.06. The van der Waals surface area contributed by atoms with Crippen molar-refractivity contribution in [2.24, 2.45) is 11.3 Å². The lowest BCUT2D eigenvalue weighted by Gasteiger charge is -2.36. The van der Waals surface area contributed by atoms with Gasteiger partial charge in [0.1, 0.15) is 0 Å². The minimum absolute atomic E-state index is 0.255. The second kappa shape index (κ2) is 6.79. The van der Waals surface area contributed by atoms with Gasteiger partial charge in [-0.05, 0) is 64.3 Å². The summed E-state index contributed by atoms with van der Waals surface area (Å²) in [5, 5.41) is 3.79. The molecule has 1 N–H and O–H groups in total. The van der Waals surface area contributed by atoms with E-state index in [9.17, 15) is 0 Å². The van der Waals surface area contributed by atoms with Crippen LogP contribution in [0.15, 0.2) is 0 Å². The van der Waals surface area contributed by atoms with Crippen LogP contribution in [0.2, 0.25) is 0 Å². The maximum atomic E-state index is 3.79. The van der Waals surface area contributed by atoms with E-state index in [1.807, 2.05) is 0 Å². The number of likely N-dealkylation sites (tertiary alicyclic amines) is 1. The summed E-state index contributed by atoms with van der Waals surface area (Å²) >= 11 is 0. The zero-order chi connectivity index (χ0) is 14.6. The summed E-state index contributed by atoms with van der Waals surface area (Å²) in [6, 6.07) is 0. The van der Waals surface area contributed by atoms with E-state index in [0.717, 1.165) is 5.92 Å². The first-order valence-electron chi connectivity index (χ1n) is 8.90. The Hall–Kier alpha value is -0.0800. The van der Waals surface area contributed by atoms with Crippen molar-refractivity contribution in [2.45, 2.75) is 78.2 Å². The van der Waals surface area contributed by atoms with E-state index < -0.39 is 0 Å². The molecule has 118 valence electrons. The lowest BCUT2D eigenvalue weighted by molar-refractivity contribution is 0.156. The lowest BCUT2D eigenvalue weighted by atomic mass is 9.84. The van der Waals surface area contributed by atoms with Crippen LogP contribution in [0.1, 0.15) is 72.6 Å². The number of hydrogen-bond donors (Lipinski definition) is 1. The zero-order valence-corrected chi connectivity index (χ0v) is 14.3. The topological polar surface area (TPSA) is 15.3 Å². The minimum Gasteiger partial charge on any atom is -0.311 e. The third kappa shape index (κ3) is 4.73. The predicted molar refractivity (Wildman–Crippen MR) is 88.1 cm³/mol. The molecule has 0 aromatic heterocycles. The number of hydrogen-bond acceptors (Lipinski definition) is 2. The maximum absolute atomic E-state index is 3.79. The van der Waals surface area contributed by atoms with E-state index in [1.165, 1.54) is 71.1 Å². The van der Waals surface area contributed by atoms with Crippen LogP contribution in [-0.2, 0) is 0 Å². The highest BCUT2D eigenvalue weighted by atomic mass is 15.2. The van der Waals surface area contributed by atoms with Crippen LogP contribution in [0.4, 0.5) is 0 Å². The number of nitrogens with zero attached hydrogens (tertiary/aromatic N) is 1. The van der Waals surface area contributed by atoms with Crippen molar-refractivity contribution in [3.05, 3.63) is 0 Å². The second-order valence-electron chi connectivity index (χ2n) is 8.49. The number of rotatable bonds is 6. The summed E-state index contributed by atoms with van der Waals surface area (Å²) < 4.78 is 0. The van der Waals surface area contributed by atoms with E-state index in [4.69, 9.17) is 0 Å². The molecule has 1 aliphatic heterocycles. The standard InChI is InChI=1S/C18H36N2/c1-5-8-16-9-12-20(13-16)15-18(10-6-7-11-18)14-19-17(2,3)4/h16,19H,5-15H2,1-4H3. The summed E-state index contributed by atoms with van der Waals surface area (Å²) in [4.78, 5) is 2.77. The molecule has 1 aliphatic carbocycles. The van der Waals surface area contributed by atoms with Crippen molar-refractivity contribution in [2.75, 3.05) is 26.2 Å². The van der Waals surface area contributed by atoms with Crippen LogP contribution in [0.3, 0.4) is 0 Å². The summed E-state index contributed by atoms with van der Waals surface area (Å²) in [6.07, 6.45) is 9.99. The Morgan fingerprint density at radius 3 is 2.50 bits per heavy atom. The molecule has 20 heavy (non-hydrogen) atoms. The van der Waals surface area contributed by atoms with Crippen LogP contribution >= 0.6 is 0 Å². The van der Waals surface area contributed by atoms with E-state index in [1.54, 1.807) is 0 Å². The second-order valence-corrected chi connectivity index (χ2v) is 8.49. The van der Waals surface area contributed by atoms with Crippen LogP contribution in [-0.4, -0.2) is 36.6 Å². The van der Waals surface area contributed by atoms with Crippen molar-refractivity contribution < 1.29 is 0 Å². The third-order valence-corrected chi connectivity index (χ3v) is 5.28. The summed E-state index contributed by atoms with van der Waals surface area (Å²) in [7, 11) is 0. The van der Waals surface area contributed by atoms with Gasteiger partial charge in [-0.1, -0.05) is 26.2 Å². The Morgan fingerprint density at radius 2 is 1.90 bits per heavy atom. The molecule has 1 atom stereocenters. The largest absolute Gasteiger partial charge is 0.311 e. The monoisotopic (exact) mass is 280 g/mol. The van der Waals surface area contributed by atoms with Gasteiger partial charge in [-0.2, -0.15) is 0 Å². The normalized spacial score (nSPS) is 27.3. The van der Waals surface area contributed by atoms with Gasteiger partial charge < -0.3 is 10.2 Å². The molecule has 2 rings (SSSR count). The molecule has 1 saturated heterocycles. The van der Waals surface area contributed by atoms with Crippen molar-refractivity contribution in [3.8, 4) is 0 Å². The molecule has 0 radical (unpaired) electrons. The van der Waals surface area contributed by atoms with Crippen molar-refractivity contribution in [1.29, 1.82) is 0 Å². The molecule has 2 nitrogen and oxygen atoms in total. The van der Waals surface area contributed by atoms with Crippen LogP contribution < -0.4 is 5.32 Å². The Balaban J connectivity index is 1.86. The summed E-state index contributed by atoms with van der Waals surface area (Å²) in [5.74, 6) is 0.981. The highest BCUT2D eigenvalue weighted by Crippen LogP contribution is 2.39. The molecule has 0 spiro atoms. The fourth-order valence-corrected chi connectivity index (χ4v) is 4.14. The highest BCUT2D eigenvalue weighted by Gasteiger charge is 2.37. The molecule has 1 saturated carbocycles. The van der Waals surface area contributed by atoms with Gasteiger partial charge in [-0.3, -0.25) is 0 Å². The van der Waals surface area contributed by atoms with Crippen LogP contribution in [0, 0.1) is 11.3 Å². The van der Waals surface area contributed by atoms with Gasteiger partial charge in [0.05, 0.1) is 0 Å². The Labute approximate surface area is 126 Å². The van der Waals surface area contributed by atoms with Gasteiger partial charge in [0, 0.05) is 25.2 Å². The first kappa shape index (κ1) is 16.3. The first-order valence-corrected chi connectivity index (χ1v) is 8.90.